The number of pyridine rings is 1. The van der Waals surface area contributed by atoms with Crippen LogP contribution in [0.3, 0.4) is 0 Å². The highest BCUT2D eigenvalue weighted by Crippen LogP contribution is 2.61. The van der Waals surface area contributed by atoms with Crippen LogP contribution < -0.4 is 5.56 Å². The number of benzene rings is 1. The van der Waals surface area contributed by atoms with Gasteiger partial charge in [0.15, 0.2) is 5.78 Å². The lowest BCUT2D eigenvalue weighted by atomic mass is 9.60. The number of nitrogens with zero attached hydrogens (tertiary/aromatic N) is 2. The number of fused-ring (bicyclic) bond motifs is 4. The van der Waals surface area contributed by atoms with Crippen LogP contribution >= 0.6 is 0 Å². The van der Waals surface area contributed by atoms with Crippen molar-refractivity contribution in [2.45, 2.75) is 50.5 Å². The summed E-state index contributed by atoms with van der Waals surface area (Å²) >= 11 is 0. The third kappa shape index (κ3) is 1.65. The van der Waals surface area contributed by atoms with Gasteiger partial charge in [0.1, 0.15) is 0 Å². The van der Waals surface area contributed by atoms with Crippen LogP contribution in [0.25, 0.3) is 5.69 Å². The first kappa shape index (κ1) is 15.8. The lowest BCUT2D eigenvalue weighted by Gasteiger charge is -2.50. The summed E-state index contributed by atoms with van der Waals surface area (Å²) in [5.74, 6) is 0.934. The van der Waals surface area contributed by atoms with Crippen molar-refractivity contribution in [3.63, 3.8) is 0 Å². The summed E-state index contributed by atoms with van der Waals surface area (Å²) in [7, 11) is 0. The largest absolute Gasteiger partial charge is 0.299 e. The predicted octanol–water partition coefficient (Wildman–Crippen LogP) is 3.24. The van der Waals surface area contributed by atoms with Crippen LogP contribution in [0.2, 0.25) is 0 Å². The van der Waals surface area contributed by atoms with Gasteiger partial charge in [-0.1, -0.05) is 31.5 Å². The minimum absolute atomic E-state index is 0.0738. The minimum Gasteiger partial charge on any atom is -0.299 e. The molecule has 1 spiro atoms. The third-order valence-electron chi connectivity index (χ3n) is 7.90. The Hall–Kier alpha value is -2.20. The molecule has 138 valence electrons. The fraction of sp³-hybridized carbons (Fsp3) is 0.478. The number of carbonyl (C=O) groups is 1. The summed E-state index contributed by atoms with van der Waals surface area (Å²) in [6, 6.07) is 10.9. The van der Waals surface area contributed by atoms with Gasteiger partial charge < -0.3 is 0 Å². The van der Waals surface area contributed by atoms with E-state index in [0.717, 1.165) is 38.0 Å². The fourth-order valence-corrected chi connectivity index (χ4v) is 6.80. The lowest BCUT2D eigenvalue weighted by Crippen LogP contribution is -2.54. The summed E-state index contributed by atoms with van der Waals surface area (Å²) in [5, 5.41) is 0. The number of carbonyl (C=O) groups excluding carboxylic acids is 1. The van der Waals surface area contributed by atoms with Gasteiger partial charge in [-0.2, -0.15) is 0 Å². The molecule has 2 aromatic rings. The van der Waals surface area contributed by atoms with Crippen molar-refractivity contribution in [2.75, 3.05) is 13.1 Å². The first-order valence-electron chi connectivity index (χ1n) is 10.2. The van der Waals surface area contributed by atoms with E-state index in [1.807, 2.05) is 16.7 Å². The molecule has 2 bridgehead atoms. The highest BCUT2D eigenvalue weighted by Gasteiger charge is 2.62. The van der Waals surface area contributed by atoms with E-state index in [1.165, 1.54) is 23.7 Å². The van der Waals surface area contributed by atoms with Crippen LogP contribution in [-0.4, -0.2) is 34.4 Å². The molecule has 6 rings (SSSR count). The first-order chi connectivity index (χ1) is 13.1. The predicted molar refractivity (Wildman–Crippen MR) is 104 cm³/mol. The maximum atomic E-state index is 13.4. The van der Waals surface area contributed by atoms with Crippen molar-refractivity contribution >= 4 is 5.78 Å². The van der Waals surface area contributed by atoms with Gasteiger partial charge in [0.25, 0.3) is 5.56 Å². The zero-order valence-corrected chi connectivity index (χ0v) is 15.9. The number of para-hydroxylation sites is 1. The van der Waals surface area contributed by atoms with Crippen LogP contribution in [0.1, 0.15) is 66.2 Å². The molecule has 4 aliphatic rings. The van der Waals surface area contributed by atoms with Crippen molar-refractivity contribution in [2.24, 2.45) is 5.92 Å². The summed E-state index contributed by atoms with van der Waals surface area (Å²) in [6.45, 7) is 6.04. The summed E-state index contributed by atoms with van der Waals surface area (Å²) < 4.78 is 1.92. The van der Waals surface area contributed by atoms with Gasteiger partial charge in [-0.15, -0.1) is 0 Å². The second-order valence-electron chi connectivity index (χ2n) is 8.82. The summed E-state index contributed by atoms with van der Waals surface area (Å²) in [5.41, 5.74) is 4.94. The lowest BCUT2D eigenvalue weighted by molar-refractivity contribution is 0.0900. The number of aromatic nitrogens is 1. The Labute approximate surface area is 158 Å². The quantitative estimate of drug-likeness (QED) is 0.772. The number of piperidine rings is 1. The average Bonchev–Trinajstić information content (AvgIpc) is 3.21. The SMILES string of the molecule is CC[C@@H]1CN2CC[C@]34c5ccccc5-n5c3c(cc(C(C)=O)c5=O)[C@H]1C[C@H]24. The minimum atomic E-state index is -0.128. The van der Waals surface area contributed by atoms with Gasteiger partial charge in [0.05, 0.1) is 16.7 Å². The zero-order chi connectivity index (χ0) is 18.5. The van der Waals surface area contributed by atoms with E-state index in [-0.39, 0.29) is 16.8 Å². The van der Waals surface area contributed by atoms with Crippen LogP contribution in [0.15, 0.2) is 35.1 Å². The maximum absolute atomic E-state index is 13.4. The molecule has 0 N–H and O–H groups in total. The second kappa shape index (κ2) is 4.99. The van der Waals surface area contributed by atoms with Gasteiger partial charge >= 0.3 is 0 Å². The standard InChI is InChI=1S/C23H24N2O2/c1-3-14-12-24-9-8-23-18-6-4-5-7-19(18)25-21(23)17(16(14)11-20(23)24)10-15(13(2)26)22(25)27/h4-7,10,14,16,20H,3,8-9,11-12H2,1-2H3/t14-,16+,20+,23-/m1/s1. The molecule has 4 heteroatoms. The molecule has 3 aliphatic heterocycles. The van der Waals surface area contributed by atoms with Crippen molar-refractivity contribution in [3.8, 4) is 5.69 Å². The van der Waals surface area contributed by atoms with Crippen molar-refractivity contribution in [1.82, 2.24) is 9.47 Å². The number of ketones is 1. The Kier molecular flexibility index (Phi) is 2.92. The van der Waals surface area contributed by atoms with E-state index in [0.29, 0.717) is 23.4 Å². The van der Waals surface area contributed by atoms with Gasteiger partial charge in [-0.25, -0.2) is 0 Å². The Morgan fingerprint density at radius 2 is 2.11 bits per heavy atom. The Bertz CT molecular complexity index is 1070. The average molecular weight is 360 g/mol. The molecule has 4 atom stereocenters. The van der Waals surface area contributed by atoms with Crippen LogP contribution in [0.5, 0.6) is 0 Å². The molecule has 0 saturated carbocycles. The summed E-state index contributed by atoms with van der Waals surface area (Å²) in [4.78, 5) is 28.4. The number of hydrogen-bond donors (Lipinski definition) is 0. The molecule has 1 aromatic carbocycles. The molecule has 0 amide bonds. The molecule has 2 saturated heterocycles. The third-order valence-corrected chi connectivity index (χ3v) is 7.90. The van der Waals surface area contributed by atoms with E-state index < -0.39 is 0 Å². The molecular formula is C23H24N2O2. The monoisotopic (exact) mass is 360 g/mol. The fourth-order valence-electron chi connectivity index (χ4n) is 6.80. The van der Waals surface area contributed by atoms with E-state index in [4.69, 9.17) is 0 Å². The van der Waals surface area contributed by atoms with Crippen LogP contribution in [0.4, 0.5) is 0 Å². The normalized spacial score (nSPS) is 32.3. The number of hydrogen-bond acceptors (Lipinski definition) is 3. The molecule has 0 unspecified atom stereocenters. The van der Waals surface area contributed by atoms with Gasteiger partial charge in [0, 0.05) is 18.3 Å². The maximum Gasteiger partial charge on any atom is 0.266 e. The van der Waals surface area contributed by atoms with Crippen molar-refractivity contribution < 1.29 is 4.79 Å². The Morgan fingerprint density at radius 1 is 1.30 bits per heavy atom. The van der Waals surface area contributed by atoms with Crippen molar-refractivity contribution in [3.05, 3.63) is 63.1 Å². The molecular weight excluding hydrogens is 336 g/mol. The van der Waals surface area contributed by atoms with Crippen LogP contribution in [-0.2, 0) is 5.41 Å². The molecule has 27 heavy (non-hydrogen) atoms. The van der Waals surface area contributed by atoms with E-state index in [9.17, 15) is 9.59 Å². The van der Waals surface area contributed by atoms with Crippen LogP contribution in [0, 0.1) is 5.92 Å². The smallest absolute Gasteiger partial charge is 0.266 e. The first-order valence-corrected chi connectivity index (χ1v) is 10.2. The van der Waals surface area contributed by atoms with Gasteiger partial charge in [-0.3, -0.25) is 19.1 Å². The highest BCUT2D eigenvalue weighted by molar-refractivity contribution is 5.94. The molecule has 1 aliphatic carbocycles. The van der Waals surface area contributed by atoms with E-state index in [2.05, 4.69) is 30.0 Å². The van der Waals surface area contributed by atoms with E-state index >= 15 is 0 Å². The van der Waals surface area contributed by atoms with Gasteiger partial charge in [0.2, 0.25) is 0 Å². The molecule has 1 aromatic heterocycles. The molecule has 4 nitrogen and oxygen atoms in total. The number of rotatable bonds is 2. The molecule has 0 radical (unpaired) electrons. The molecule has 4 heterocycles. The summed E-state index contributed by atoms with van der Waals surface area (Å²) in [6.07, 6.45) is 3.36. The topological polar surface area (TPSA) is 42.3 Å². The zero-order valence-electron chi connectivity index (χ0n) is 15.9. The van der Waals surface area contributed by atoms with Gasteiger partial charge in [-0.05, 0) is 61.4 Å². The second-order valence-corrected chi connectivity index (χ2v) is 8.82. The van der Waals surface area contributed by atoms with Crippen molar-refractivity contribution in [1.29, 1.82) is 0 Å². The Morgan fingerprint density at radius 3 is 2.89 bits per heavy atom. The highest BCUT2D eigenvalue weighted by atomic mass is 16.1. The molecule has 2 fully saturated rings. The number of Topliss-reactive ketones (excluding diaryl/α,β-unsaturated/α-hetero) is 1. The Balaban J connectivity index is 1.79. The van der Waals surface area contributed by atoms with E-state index in [1.54, 1.807) is 0 Å².